The molecule has 0 aliphatic carbocycles. The maximum absolute atomic E-state index is 11.7. The molecule has 1 saturated heterocycles. The van der Waals surface area contributed by atoms with E-state index in [0.29, 0.717) is 38.2 Å². The van der Waals surface area contributed by atoms with E-state index in [4.69, 9.17) is 9.47 Å². The number of hydrogen-bond acceptors (Lipinski definition) is 7. The largest absolute Gasteiger partial charge is 0.508 e. The van der Waals surface area contributed by atoms with Crippen LogP contribution in [0.3, 0.4) is 0 Å². The number of amides is 2. The quantitative estimate of drug-likeness (QED) is 0.246. The first-order valence-corrected chi connectivity index (χ1v) is 13.6. The molecule has 0 radical (unpaired) electrons. The Bertz CT molecular complexity index is 1220. The molecule has 4 atom stereocenters. The molecule has 0 saturated carbocycles. The summed E-state index contributed by atoms with van der Waals surface area (Å²) in [5.41, 5.74) is 4.31. The minimum absolute atomic E-state index is 0.0201. The fourth-order valence-corrected chi connectivity index (χ4v) is 4.79. The van der Waals surface area contributed by atoms with E-state index in [1.165, 1.54) is 0 Å². The van der Waals surface area contributed by atoms with Gasteiger partial charge in [-0.25, -0.2) is 4.79 Å². The first kappa shape index (κ1) is 29.5. The molecule has 0 bridgehead atoms. The first-order chi connectivity index (χ1) is 19.3. The van der Waals surface area contributed by atoms with Crippen LogP contribution in [0.5, 0.6) is 5.75 Å². The van der Waals surface area contributed by atoms with Gasteiger partial charge in [-0.15, -0.1) is 0 Å². The third-order valence-electron chi connectivity index (χ3n) is 6.91. The number of benzene rings is 3. The Balaban J connectivity index is 1.45. The monoisotopic (exact) mass is 549 g/mol. The molecule has 1 aliphatic rings. The number of hydrogen-bond donors (Lipinski definition) is 5. The van der Waals surface area contributed by atoms with Crippen LogP contribution in [0.1, 0.15) is 59.7 Å². The Hall–Kier alpha value is -3.47. The fraction of sp³-hybridized carbons (Fsp3) is 0.387. The molecule has 3 aromatic rings. The van der Waals surface area contributed by atoms with E-state index in [0.717, 1.165) is 22.3 Å². The summed E-state index contributed by atoms with van der Waals surface area (Å²) in [5.74, 6) is 0.121. The number of ether oxygens (including phenoxy) is 2. The topological polar surface area (TPSA) is 124 Å². The lowest BCUT2D eigenvalue weighted by atomic mass is 9.99. The van der Waals surface area contributed by atoms with Crippen molar-refractivity contribution in [2.24, 2.45) is 0 Å². The minimum Gasteiger partial charge on any atom is -0.508 e. The van der Waals surface area contributed by atoms with Gasteiger partial charge in [0.1, 0.15) is 5.75 Å². The van der Waals surface area contributed by atoms with Gasteiger partial charge in [-0.3, -0.25) is 0 Å². The summed E-state index contributed by atoms with van der Waals surface area (Å²) >= 11 is 0. The SMILES string of the molecule is CCNC(=O)NCc1ccc(C2OC(CN(C)CC(O)c3cccc(O)c3)CC(c3ccc(CO)cc3)O2)cc1. The minimum atomic E-state index is -0.755. The molecule has 5 N–H and O–H groups in total. The van der Waals surface area contributed by atoms with Crippen molar-refractivity contribution in [1.82, 2.24) is 15.5 Å². The second-order valence-electron chi connectivity index (χ2n) is 10.1. The number of carbonyl (C=O) groups excluding carboxylic acids is 1. The van der Waals surface area contributed by atoms with Gasteiger partial charge in [-0.05, 0) is 48.4 Å². The molecule has 214 valence electrons. The van der Waals surface area contributed by atoms with Crippen molar-refractivity contribution in [2.45, 2.75) is 51.1 Å². The van der Waals surface area contributed by atoms with E-state index >= 15 is 0 Å². The van der Waals surface area contributed by atoms with E-state index in [2.05, 4.69) is 10.6 Å². The van der Waals surface area contributed by atoms with Crippen molar-refractivity contribution in [3.05, 3.63) is 101 Å². The molecule has 9 nitrogen and oxygen atoms in total. The molecule has 1 aliphatic heterocycles. The second-order valence-corrected chi connectivity index (χ2v) is 10.1. The molecule has 4 rings (SSSR count). The molecule has 1 heterocycles. The Kier molecular flexibility index (Phi) is 10.5. The van der Waals surface area contributed by atoms with Gasteiger partial charge in [-0.2, -0.15) is 0 Å². The van der Waals surface area contributed by atoms with Crippen molar-refractivity contribution in [2.75, 3.05) is 26.7 Å². The summed E-state index contributed by atoms with van der Waals surface area (Å²) in [4.78, 5) is 13.7. The van der Waals surface area contributed by atoms with Gasteiger partial charge in [0.05, 0.1) is 24.9 Å². The predicted molar refractivity (Wildman–Crippen MR) is 151 cm³/mol. The van der Waals surface area contributed by atoms with Crippen LogP contribution in [0.15, 0.2) is 72.8 Å². The molecule has 0 aromatic heterocycles. The summed E-state index contributed by atoms with van der Waals surface area (Å²) in [6.07, 6.45) is -1.14. The van der Waals surface area contributed by atoms with Crippen LogP contribution >= 0.6 is 0 Å². The molecule has 1 fully saturated rings. The molecule has 4 unspecified atom stereocenters. The van der Waals surface area contributed by atoms with Crippen LogP contribution in [-0.2, 0) is 22.6 Å². The third kappa shape index (κ3) is 8.27. The molecular weight excluding hydrogens is 510 g/mol. The zero-order chi connectivity index (χ0) is 28.5. The zero-order valence-electron chi connectivity index (χ0n) is 23.0. The van der Waals surface area contributed by atoms with Crippen molar-refractivity contribution in [1.29, 1.82) is 0 Å². The number of rotatable bonds is 11. The number of aliphatic hydroxyl groups excluding tert-OH is 2. The number of nitrogens with zero attached hydrogens (tertiary/aromatic N) is 1. The molecular formula is C31H39N3O6. The van der Waals surface area contributed by atoms with Crippen molar-refractivity contribution in [3.8, 4) is 5.75 Å². The molecule has 2 amide bonds. The van der Waals surface area contributed by atoms with Gasteiger partial charge in [-0.1, -0.05) is 60.7 Å². The van der Waals surface area contributed by atoms with Gasteiger partial charge in [0.25, 0.3) is 0 Å². The second kappa shape index (κ2) is 14.2. The number of aromatic hydroxyl groups is 1. The highest BCUT2D eigenvalue weighted by atomic mass is 16.7. The van der Waals surface area contributed by atoms with Crippen molar-refractivity contribution >= 4 is 6.03 Å². The molecule has 40 heavy (non-hydrogen) atoms. The average Bonchev–Trinajstić information content (AvgIpc) is 2.96. The maximum Gasteiger partial charge on any atom is 0.315 e. The summed E-state index contributed by atoms with van der Waals surface area (Å²) in [6, 6.07) is 22.0. The predicted octanol–water partition coefficient (Wildman–Crippen LogP) is 3.91. The number of urea groups is 1. The van der Waals surface area contributed by atoms with Crippen LogP contribution in [0, 0.1) is 0 Å². The van der Waals surface area contributed by atoms with E-state index in [1.54, 1.807) is 24.3 Å². The number of phenolic OH excluding ortho intramolecular Hbond substituents is 1. The van der Waals surface area contributed by atoms with E-state index in [-0.39, 0.29) is 30.6 Å². The lowest BCUT2D eigenvalue weighted by Gasteiger charge is -2.38. The van der Waals surface area contributed by atoms with Crippen LogP contribution in [0.4, 0.5) is 4.79 Å². The normalized spacial score (nSPS) is 19.8. The number of aliphatic hydroxyl groups is 2. The number of nitrogens with one attached hydrogen (secondary N) is 2. The zero-order valence-corrected chi connectivity index (χ0v) is 23.0. The van der Waals surface area contributed by atoms with E-state index in [1.807, 2.05) is 67.4 Å². The number of carbonyl (C=O) groups is 1. The van der Waals surface area contributed by atoms with Gasteiger partial charge in [0, 0.05) is 38.2 Å². The first-order valence-electron chi connectivity index (χ1n) is 13.6. The van der Waals surface area contributed by atoms with Crippen molar-refractivity contribution in [3.63, 3.8) is 0 Å². The highest BCUT2D eigenvalue weighted by molar-refractivity contribution is 5.73. The van der Waals surface area contributed by atoms with Gasteiger partial charge in [0.15, 0.2) is 6.29 Å². The summed E-state index contributed by atoms with van der Waals surface area (Å²) < 4.78 is 12.8. The third-order valence-corrected chi connectivity index (χ3v) is 6.91. The van der Waals surface area contributed by atoms with Gasteiger partial charge < -0.3 is 40.3 Å². The van der Waals surface area contributed by atoms with Crippen LogP contribution in [0.2, 0.25) is 0 Å². The molecule has 3 aromatic carbocycles. The Morgan fingerprint density at radius 2 is 1.70 bits per heavy atom. The van der Waals surface area contributed by atoms with Crippen LogP contribution in [-0.4, -0.2) is 59.0 Å². The Morgan fingerprint density at radius 1 is 1.00 bits per heavy atom. The molecule has 9 heteroatoms. The summed E-state index contributed by atoms with van der Waals surface area (Å²) in [7, 11) is 1.93. The summed E-state index contributed by atoms with van der Waals surface area (Å²) in [5, 5.41) is 35.5. The van der Waals surface area contributed by atoms with E-state index in [9.17, 15) is 20.1 Å². The number of phenols is 1. The highest BCUT2D eigenvalue weighted by Gasteiger charge is 2.33. The maximum atomic E-state index is 11.7. The fourth-order valence-electron chi connectivity index (χ4n) is 4.79. The van der Waals surface area contributed by atoms with E-state index < -0.39 is 12.4 Å². The van der Waals surface area contributed by atoms with Crippen molar-refractivity contribution < 1.29 is 29.6 Å². The lowest BCUT2D eigenvalue weighted by Crippen LogP contribution is -2.39. The van der Waals surface area contributed by atoms with Gasteiger partial charge in [0.2, 0.25) is 0 Å². The van der Waals surface area contributed by atoms with Crippen LogP contribution < -0.4 is 10.6 Å². The van der Waals surface area contributed by atoms with Crippen LogP contribution in [0.25, 0.3) is 0 Å². The molecule has 0 spiro atoms. The lowest BCUT2D eigenvalue weighted by molar-refractivity contribution is -0.252. The standard InChI is InChI=1S/C31H39N3O6/c1-3-32-31(38)33-17-21-7-13-24(14-8-21)30-39-27(16-29(40-30)23-11-9-22(20-35)10-12-23)18-34(2)19-28(37)25-5-4-6-26(36)15-25/h4-15,27-30,35-37H,3,16-20H2,1-2H3,(H2,32,33,38). The smallest absolute Gasteiger partial charge is 0.315 e. The highest BCUT2D eigenvalue weighted by Crippen LogP contribution is 2.38. The number of likely N-dealkylation sites (N-methyl/N-ethyl adjacent to an activating group) is 1. The average molecular weight is 550 g/mol. The Morgan fingerprint density at radius 3 is 2.38 bits per heavy atom. The summed E-state index contributed by atoms with van der Waals surface area (Å²) in [6.45, 7) is 3.76. The van der Waals surface area contributed by atoms with Gasteiger partial charge >= 0.3 is 6.03 Å². The Labute approximate surface area is 235 Å².